The second-order valence-electron chi connectivity index (χ2n) is 3.73. The van der Waals surface area contributed by atoms with E-state index in [0.717, 1.165) is 15.1 Å². The molecule has 0 unspecified atom stereocenters. The van der Waals surface area contributed by atoms with Gasteiger partial charge < -0.3 is 9.67 Å². The first kappa shape index (κ1) is 13.2. The number of aromatic nitrogens is 2. The van der Waals surface area contributed by atoms with Crippen LogP contribution in [-0.2, 0) is 12.8 Å². The van der Waals surface area contributed by atoms with E-state index in [9.17, 15) is 4.79 Å². The lowest BCUT2D eigenvalue weighted by Crippen LogP contribution is -1.99. The maximum absolute atomic E-state index is 11.1. The van der Waals surface area contributed by atoms with Crippen LogP contribution in [0, 0.1) is 0 Å². The van der Waals surface area contributed by atoms with Gasteiger partial charge in [-0.3, -0.25) is 0 Å². The number of hydrogen-bond acceptors (Lipinski definition) is 3. The fourth-order valence-electron chi connectivity index (χ4n) is 1.47. The Morgan fingerprint density at radius 3 is 2.94 bits per heavy atom. The number of benzene rings is 1. The van der Waals surface area contributed by atoms with Crippen LogP contribution in [0.25, 0.3) is 0 Å². The van der Waals surface area contributed by atoms with Crippen LogP contribution >= 0.6 is 27.7 Å². The highest BCUT2D eigenvalue weighted by Crippen LogP contribution is 2.29. The number of thioether (sulfide) groups is 1. The molecule has 0 fully saturated rings. The minimum Gasteiger partial charge on any atom is -0.478 e. The number of carboxylic acid groups (broad SMARTS) is 1. The summed E-state index contributed by atoms with van der Waals surface area (Å²) in [5.74, 6) is -0.220. The van der Waals surface area contributed by atoms with Crippen molar-refractivity contribution in [1.29, 1.82) is 0 Å². The van der Waals surface area contributed by atoms with E-state index in [4.69, 9.17) is 5.11 Å². The fourth-order valence-corrected chi connectivity index (χ4v) is 3.08. The molecule has 0 amide bonds. The molecule has 0 saturated heterocycles. The highest BCUT2D eigenvalue weighted by atomic mass is 79.9. The predicted octanol–water partition coefficient (Wildman–Crippen LogP) is 3.17. The third-order valence-electron chi connectivity index (χ3n) is 2.47. The van der Waals surface area contributed by atoms with Gasteiger partial charge in [0, 0.05) is 34.1 Å². The van der Waals surface area contributed by atoms with Crippen molar-refractivity contribution >= 4 is 33.7 Å². The number of rotatable bonds is 4. The Kier molecular flexibility index (Phi) is 4.08. The molecule has 0 bridgehead atoms. The molecule has 0 spiro atoms. The molecule has 0 aliphatic carbocycles. The number of imidazole rings is 1. The summed E-state index contributed by atoms with van der Waals surface area (Å²) in [7, 11) is 1.92. The minimum atomic E-state index is -0.907. The third-order valence-corrected chi connectivity index (χ3v) is 4.05. The quantitative estimate of drug-likeness (QED) is 0.877. The predicted molar refractivity (Wildman–Crippen MR) is 73.9 cm³/mol. The molecule has 94 valence electrons. The molecule has 6 heteroatoms. The number of aryl methyl sites for hydroxylation is 1. The lowest BCUT2D eigenvalue weighted by molar-refractivity contribution is 0.0693. The van der Waals surface area contributed by atoms with E-state index in [0.29, 0.717) is 11.3 Å². The van der Waals surface area contributed by atoms with Crippen LogP contribution in [0.15, 0.2) is 40.1 Å². The van der Waals surface area contributed by atoms with Gasteiger partial charge in [0.1, 0.15) is 0 Å². The summed E-state index contributed by atoms with van der Waals surface area (Å²) in [4.78, 5) is 15.9. The number of halogens is 1. The summed E-state index contributed by atoms with van der Waals surface area (Å²) >= 11 is 4.84. The smallest absolute Gasteiger partial charge is 0.336 e. The summed E-state index contributed by atoms with van der Waals surface area (Å²) in [6, 6.07) is 5.17. The summed E-state index contributed by atoms with van der Waals surface area (Å²) in [5, 5.41) is 9.12. The molecule has 18 heavy (non-hydrogen) atoms. The molecule has 1 heterocycles. The number of carbonyl (C=O) groups is 1. The van der Waals surface area contributed by atoms with Crippen LogP contribution in [0.3, 0.4) is 0 Å². The molecule has 0 aliphatic heterocycles. The highest BCUT2D eigenvalue weighted by molar-refractivity contribution is 9.10. The Bertz CT molecular complexity index is 583. The average Bonchev–Trinajstić information content (AvgIpc) is 2.72. The first-order valence-electron chi connectivity index (χ1n) is 5.19. The van der Waals surface area contributed by atoms with Crippen molar-refractivity contribution in [2.45, 2.75) is 10.6 Å². The van der Waals surface area contributed by atoms with Crippen molar-refractivity contribution in [2.75, 3.05) is 0 Å². The van der Waals surface area contributed by atoms with Gasteiger partial charge in [-0.15, -0.1) is 11.8 Å². The van der Waals surface area contributed by atoms with Crippen LogP contribution in [0.1, 0.15) is 16.1 Å². The van der Waals surface area contributed by atoms with Crippen molar-refractivity contribution in [3.63, 3.8) is 0 Å². The lowest BCUT2D eigenvalue weighted by Gasteiger charge is -2.07. The van der Waals surface area contributed by atoms with Crippen molar-refractivity contribution in [3.05, 3.63) is 46.5 Å². The van der Waals surface area contributed by atoms with Gasteiger partial charge in [-0.25, -0.2) is 9.78 Å². The van der Waals surface area contributed by atoms with Crippen LogP contribution in [0.2, 0.25) is 0 Å². The van der Waals surface area contributed by atoms with E-state index in [1.54, 1.807) is 24.7 Å². The molecule has 2 rings (SSSR count). The Morgan fingerprint density at radius 2 is 2.33 bits per heavy atom. The summed E-state index contributed by atoms with van der Waals surface area (Å²) < 4.78 is 2.80. The van der Waals surface area contributed by atoms with Crippen molar-refractivity contribution in [2.24, 2.45) is 7.05 Å². The van der Waals surface area contributed by atoms with Gasteiger partial charge >= 0.3 is 5.97 Å². The van der Waals surface area contributed by atoms with Gasteiger partial charge in [0.2, 0.25) is 0 Å². The molecule has 0 radical (unpaired) electrons. The second-order valence-corrected chi connectivity index (χ2v) is 5.66. The zero-order valence-electron chi connectivity index (χ0n) is 9.63. The molecule has 0 saturated carbocycles. The van der Waals surface area contributed by atoms with Crippen molar-refractivity contribution in [3.8, 4) is 0 Å². The average molecular weight is 327 g/mol. The number of hydrogen-bond donors (Lipinski definition) is 1. The van der Waals surface area contributed by atoms with E-state index in [-0.39, 0.29) is 0 Å². The standard InChI is InChI=1S/C12H11BrN2O2S/c1-15-7-14-5-9(15)6-18-11-4-8(13)2-3-10(11)12(16)17/h2-5,7H,6H2,1H3,(H,16,17). The Morgan fingerprint density at radius 1 is 1.56 bits per heavy atom. The SMILES string of the molecule is Cn1cncc1CSc1cc(Br)ccc1C(=O)O. The summed E-state index contributed by atoms with van der Waals surface area (Å²) in [6.45, 7) is 0. The van der Waals surface area contributed by atoms with E-state index < -0.39 is 5.97 Å². The molecule has 4 nitrogen and oxygen atoms in total. The topological polar surface area (TPSA) is 55.1 Å². The van der Waals surface area contributed by atoms with E-state index in [2.05, 4.69) is 20.9 Å². The van der Waals surface area contributed by atoms with Gasteiger partial charge in [-0.2, -0.15) is 0 Å². The van der Waals surface area contributed by atoms with Gasteiger partial charge in [-0.1, -0.05) is 15.9 Å². The molecular weight excluding hydrogens is 316 g/mol. The highest BCUT2D eigenvalue weighted by Gasteiger charge is 2.11. The molecule has 1 N–H and O–H groups in total. The van der Waals surface area contributed by atoms with Crippen LogP contribution in [-0.4, -0.2) is 20.6 Å². The normalized spacial score (nSPS) is 10.6. The number of nitrogens with zero attached hydrogens (tertiary/aromatic N) is 2. The maximum atomic E-state index is 11.1. The first-order valence-corrected chi connectivity index (χ1v) is 6.96. The largest absolute Gasteiger partial charge is 0.478 e. The van der Waals surface area contributed by atoms with Crippen molar-refractivity contribution < 1.29 is 9.90 Å². The number of carboxylic acids is 1. The minimum absolute atomic E-state index is 0.324. The van der Waals surface area contributed by atoms with E-state index >= 15 is 0 Å². The second kappa shape index (κ2) is 5.58. The molecule has 0 aliphatic rings. The summed E-state index contributed by atoms with van der Waals surface area (Å²) in [6.07, 6.45) is 3.51. The monoisotopic (exact) mass is 326 g/mol. The van der Waals surface area contributed by atoms with Crippen LogP contribution < -0.4 is 0 Å². The molecule has 2 aromatic rings. The van der Waals surface area contributed by atoms with Crippen LogP contribution in [0.5, 0.6) is 0 Å². The lowest BCUT2D eigenvalue weighted by atomic mass is 10.2. The van der Waals surface area contributed by atoms with Gasteiger partial charge in [-0.05, 0) is 18.2 Å². The molecule has 1 aromatic carbocycles. The Balaban J connectivity index is 2.20. The first-order chi connectivity index (χ1) is 8.58. The van der Waals surface area contributed by atoms with Crippen LogP contribution in [0.4, 0.5) is 0 Å². The van der Waals surface area contributed by atoms with Gasteiger partial charge in [0.05, 0.1) is 11.9 Å². The molecule has 1 aromatic heterocycles. The van der Waals surface area contributed by atoms with Crippen molar-refractivity contribution in [1.82, 2.24) is 9.55 Å². The van der Waals surface area contributed by atoms with Gasteiger partial charge in [0.25, 0.3) is 0 Å². The number of aromatic carboxylic acids is 1. The fraction of sp³-hybridized carbons (Fsp3) is 0.167. The third kappa shape index (κ3) is 2.94. The Labute approximate surface area is 117 Å². The van der Waals surface area contributed by atoms with E-state index in [1.165, 1.54) is 11.8 Å². The van der Waals surface area contributed by atoms with E-state index in [1.807, 2.05) is 17.7 Å². The maximum Gasteiger partial charge on any atom is 0.336 e. The Hall–Kier alpha value is -1.27. The molecule has 0 atom stereocenters. The summed E-state index contributed by atoms with van der Waals surface area (Å²) in [5.41, 5.74) is 1.38. The molecular formula is C12H11BrN2O2S. The zero-order valence-corrected chi connectivity index (χ0v) is 12.0. The van der Waals surface area contributed by atoms with Gasteiger partial charge in [0.15, 0.2) is 0 Å². The zero-order chi connectivity index (χ0) is 13.1.